The Morgan fingerprint density at radius 3 is 2.83 bits per heavy atom. The highest BCUT2D eigenvalue weighted by molar-refractivity contribution is 7.12. The topological polar surface area (TPSA) is 109 Å². The van der Waals surface area contributed by atoms with Crippen molar-refractivity contribution in [3.63, 3.8) is 0 Å². The molecular formula is C21H21N3O4S. The standard InChI is InChI=1S/C21H21N3O4S/c1-13(24(27)21(22)26)3-6-17-7-9-19(29-17)14(2)28-12-15-4-8-18-16(11-15)5-10-20(25)23-18/h4-5,7-11,13-14,27H,12H2,1-2H3,(H2,22,26)(H,23,25)/t13?,14-/m1/s1. The van der Waals surface area contributed by atoms with Gasteiger partial charge in [0.15, 0.2) is 0 Å². The molecule has 0 aliphatic rings. The summed E-state index contributed by atoms with van der Waals surface area (Å²) in [5.41, 5.74) is 6.69. The number of thiophene rings is 1. The van der Waals surface area contributed by atoms with E-state index < -0.39 is 12.1 Å². The number of benzene rings is 1. The van der Waals surface area contributed by atoms with Gasteiger partial charge in [0.2, 0.25) is 5.56 Å². The van der Waals surface area contributed by atoms with Gasteiger partial charge in [0.1, 0.15) is 6.04 Å². The average Bonchev–Trinajstić information content (AvgIpc) is 3.18. The Morgan fingerprint density at radius 2 is 2.07 bits per heavy atom. The van der Waals surface area contributed by atoms with Crippen molar-refractivity contribution in [1.29, 1.82) is 0 Å². The molecule has 2 heterocycles. The Hall–Kier alpha value is -3.12. The smallest absolute Gasteiger partial charge is 0.339 e. The van der Waals surface area contributed by atoms with Gasteiger partial charge in [-0.05, 0) is 55.1 Å². The Balaban J connectivity index is 1.62. The summed E-state index contributed by atoms with van der Waals surface area (Å²) >= 11 is 1.49. The van der Waals surface area contributed by atoms with E-state index in [-0.39, 0.29) is 11.7 Å². The number of ether oxygens (including phenoxy) is 1. The highest BCUT2D eigenvalue weighted by Crippen LogP contribution is 2.26. The third-order valence-corrected chi connectivity index (χ3v) is 5.47. The number of amides is 2. The number of hydrogen-bond acceptors (Lipinski definition) is 5. The highest BCUT2D eigenvalue weighted by Gasteiger charge is 2.12. The van der Waals surface area contributed by atoms with E-state index in [1.165, 1.54) is 17.4 Å². The molecule has 8 heteroatoms. The first-order valence-corrected chi connectivity index (χ1v) is 9.77. The van der Waals surface area contributed by atoms with Crippen LogP contribution in [-0.2, 0) is 11.3 Å². The maximum atomic E-state index is 11.4. The molecule has 3 rings (SSSR count). The fourth-order valence-electron chi connectivity index (χ4n) is 2.66. The molecule has 1 aromatic carbocycles. The fraction of sp³-hybridized carbons (Fsp3) is 0.238. The van der Waals surface area contributed by atoms with Gasteiger partial charge < -0.3 is 15.5 Å². The number of H-pyrrole nitrogens is 1. The van der Waals surface area contributed by atoms with Crippen LogP contribution >= 0.6 is 11.3 Å². The van der Waals surface area contributed by atoms with E-state index in [0.29, 0.717) is 11.7 Å². The molecule has 4 N–H and O–H groups in total. The Kier molecular flexibility index (Phi) is 6.34. The minimum atomic E-state index is -0.944. The van der Waals surface area contributed by atoms with Crippen molar-refractivity contribution >= 4 is 28.3 Å². The lowest BCUT2D eigenvalue weighted by molar-refractivity contribution is -0.0536. The van der Waals surface area contributed by atoms with Gasteiger partial charge in [-0.3, -0.25) is 10.0 Å². The van der Waals surface area contributed by atoms with Crippen molar-refractivity contribution in [2.45, 2.75) is 32.6 Å². The van der Waals surface area contributed by atoms with Crippen LogP contribution in [0.1, 0.15) is 35.3 Å². The summed E-state index contributed by atoms with van der Waals surface area (Å²) in [6.45, 7) is 3.98. The number of aromatic amines is 1. The molecule has 0 aliphatic carbocycles. The molecule has 0 fully saturated rings. The van der Waals surface area contributed by atoms with Crippen LogP contribution in [0.25, 0.3) is 10.9 Å². The van der Waals surface area contributed by atoms with Crippen LogP contribution in [0.15, 0.2) is 47.3 Å². The molecule has 2 aromatic heterocycles. The van der Waals surface area contributed by atoms with Gasteiger partial charge in [-0.25, -0.2) is 4.79 Å². The van der Waals surface area contributed by atoms with E-state index in [1.54, 1.807) is 13.0 Å². The summed E-state index contributed by atoms with van der Waals surface area (Å²) < 4.78 is 5.98. The first-order chi connectivity index (χ1) is 13.8. The largest absolute Gasteiger partial charge is 0.368 e. The zero-order valence-electron chi connectivity index (χ0n) is 16.0. The van der Waals surface area contributed by atoms with Gasteiger partial charge in [0.05, 0.1) is 17.6 Å². The van der Waals surface area contributed by atoms with Gasteiger partial charge in [0.25, 0.3) is 0 Å². The van der Waals surface area contributed by atoms with E-state index >= 15 is 0 Å². The van der Waals surface area contributed by atoms with Crippen LogP contribution in [0.4, 0.5) is 4.79 Å². The molecular weight excluding hydrogens is 390 g/mol. The number of rotatable bonds is 5. The Bertz CT molecular complexity index is 1140. The number of carbonyl (C=O) groups is 1. The molecule has 7 nitrogen and oxygen atoms in total. The number of nitrogens with zero attached hydrogens (tertiary/aromatic N) is 1. The molecule has 2 amide bonds. The maximum Gasteiger partial charge on any atom is 0.339 e. The molecule has 1 unspecified atom stereocenters. The number of hydrogen-bond donors (Lipinski definition) is 3. The Morgan fingerprint density at radius 1 is 1.28 bits per heavy atom. The second-order valence-electron chi connectivity index (χ2n) is 6.53. The molecule has 3 aromatic rings. The summed E-state index contributed by atoms with van der Waals surface area (Å²) in [6, 6.07) is 11.3. The lowest BCUT2D eigenvalue weighted by atomic mass is 10.1. The predicted octanol–water partition coefficient (Wildman–Crippen LogP) is 3.38. The van der Waals surface area contributed by atoms with Crippen molar-refractivity contribution in [3.8, 4) is 11.8 Å². The highest BCUT2D eigenvalue weighted by atomic mass is 32.1. The average molecular weight is 411 g/mol. The summed E-state index contributed by atoms with van der Waals surface area (Å²) in [4.78, 5) is 26.9. The third kappa shape index (κ3) is 5.23. The molecule has 150 valence electrons. The first-order valence-electron chi connectivity index (χ1n) is 8.96. The number of aromatic nitrogens is 1. The second-order valence-corrected chi connectivity index (χ2v) is 7.64. The number of pyridine rings is 1. The molecule has 0 saturated carbocycles. The van der Waals surface area contributed by atoms with Crippen molar-refractivity contribution in [2.75, 3.05) is 0 Å². The quantitative estimate of drug-likeness (QED) is 0.340. The third-order valence-electron chi connectivity index (χ3n) is 4.31. The SMILES string of the molecule is CC(C#Cc1ccc([C@@H](C)OCc2ccc3[nH]c(=O)ccc3c2)s1)N(O)C(N)=O. The number of hydroxylamine groups is 2. The number of primary amides is 1. The number of nitrogens with one attached hydrogen (secondary N) is 1. The summed E-state index contributed by atoms with van der Waals surface area (Å²) in [5.74, 6) is 5.71. The summed E-state index contributed by atoms with van der Waals surface area (Å²) in [7, 11) is 0. The van der Waals surface area contributed by atoms with E-state index in [1.807, 2.05) is 37.3 Å². The minimum Gasteiger partial charge on any atom is -0.368 e. The molecule has 29 heavy (non-hydrogen) atoms. The van der Waals surface area contributed by atoms with Crippen LogP contribution in [-0.4, -0.2) is 27.3 Å². The number of carbonyl (C=O) groups excluding carboxylic acids is 1. The zero-order valence-corrected chi connectivity index (χ0v) is 16.8. The maximum absolute atomic E-state index is 11.4. The van der Waals surface area contributed by atoms with Crippen molar-refractivity contribution < 1.29 is 14.7 Å². The second kappa shape index (κ2) is 8.92. The van der Waals surface area contributed by atoms with Gasteiger partial charge in [0, 0.05) is 16.5 Å². The summed E-state index contributed by atoms with van der Waals surface area (Å²) in [5, 5.41) is 10.8. The molecule has 2 atom stereocenters. The lowest BCUT2D eigenvalue weighted by Crippen LogP contribution is -2.38. The molecule has 0 bridgehead atoms. The van der Waals surface area contributed by atoms with Crippen LogP contribution in [0, 0.1) is 11.8 Å². The van der Waals surface area contributed by atoms with Crippen molar-refractivity contribution in [1.82, 2.24) is 10.0 Å². The minimum absolute atomic E-state index is 0.123. The van der Waals surface area contributed by atoms with Crippen molar-refractivity contribution in [3.05, 3.63) is 68.1 Å². The van der Waals surface area contributed by atoms with Crippen LogP contribution in [0.3, 0.4) is 0 Å². The number of fused-ring (bicyclic) bond motifs is 1. The Labute approximate surface area is 171 Å². The fourth-order valence-corrected chi connectivity index (χ4v) is 3.53. The van der Waals surface area contributed by atoms with Crippen LogP contribution in [0.5, 0.6) is 0 Å². The van der Waals surface area contributed by atoms with E-state index in [9.17, 15) is 14.8 Å². The monoisotopic (exact) mass is 411 g/mol. The van der Waals surface area contributed by atoms with E-state index in [2.05, 4.69) is 16.8 Å². The molecule has 0 spiro atoms. The summed E-state index contributed by atoms with van der Waals surface area (Å²) in [6.07, 6.45) is -0.126. The molecule has 0 aliphatic heterocycles. The molecule has 0 saturated heterocycles. The van der Waals surface area contributed by atoms with Gasteiger partial charge in [-0.1, -0.05) is 17.9 Å². The predicted molar refractivity (Wildman–Crippen MR) is 112 cm³/mol. The van der Waals surface area contributed by atoms with E-state index in [4.69, 9.17) is 10.5 Å². The van der Waals surface area contributed by atoms with Crippen LogP contribution < -0.4 is 11.3 Å². The first kappa shape index (κ1) is 20.6. The van der Waals surface area contributed by atoms with Gasteiger partial charge >= 0.3 is 6.03 Å². The van der Waals surface area contributed by atoms with E-state index in [0.717, 1.165) is 26.2 Å². The molecule has 0 radical (unpaired) electrons. The number of nitrogens with two attached hydrogens (primary N) is 1. The zero-order chi connectivity index (χ0) is 21.0. The van der Waals surface area contributed by atoms with Crippen molar-refractivity contribution in [2.24, 2.45) is 5.73 Å². The van der Waals surface area contributed by atoms with Crippen LogP contribution in [0.2, 0.25) is 0 Å². The normalized spacial score (nSPS) is 12.8. The lowest BCUT2D eigenvalue weighted by Gasteiger charge is -2.14. The number of urea groups is 1. The van der Waals surface area contributed by atoms with Gasteiger partial charge in [-0.2, -0.15) is 5.06 Å². The van der Waals surface area contributed by atoms with Gasteiger partial charge in [-0.15, -0.1) is 11.3 Å².